The van der Waals surface area contributed by atoms with Gasteiger partial charge in [0.2, 0.25) is 5.91 Å². The minimum absolute atomic E-state index is 0.0540. The van der Waals surface area contributed by atoms with Gasteiger partial charge in [-0.2, -0.15) is 5.26 Å². The molecule has 1 fully saturated rings. The number of nitrogen functional groups attached to an aromatic ring is 1. The molecule has 1 atom stereocenters. The van der Waals surface area contributed by atoms with Gasteiger partial charge in [0.05, 0.1) is 23.0 Å². The monoisotopic (exact) mass is 279 g/mol. The Labute approximate surface area is 102 Å². The van der Waals surface area contributed by atoms with Crippen LogP contribution in [-0.4, -0.2) is 17.3 Å². The SMILES string of the molecule is N#Cc1ccc(N2CC(Br)CC2=O)c(N)c1. The van der Waals surface area contributed by atoms with Crippen molar-refractivity contribution in [3.63, 3.8) is 0 Å². The van der Waals surface area contributed by atoms with E-state index in [1.54, 1.807) is 23.1 Å². The van der Waals surface area contributed by atoms with Crippen molar-refractivity contribution >= 4 is 33.2 Å². The van der Waals surface area contributed by atoms with Gasteiger partial charge < -0.3 is 10.6 Å². The lowest BCUT2D eigenvalue weighted by atomic mass is 10.2. The van der Waals surface area contributed by atoms with Crippen LogP contribution in [-0.2, 0) is 4.79 Å². The van der Waals surface area contributed by atoms with E-state index in [0.717, 1.165) is 0 Å². The number of carbonyl (C=O) groups is 1. The van der Waals surface area contributed by atoms with Crippen molar-refractivity contribution in [2.24, 2.45) is 0 Å². The molecule has 4 nitrogen and oxygen atoms in total. The van der Waals surface area contributed by atoms with Crippen LogP contribution in [0.15, 0.2) is 18.2 Å². The molecule has 1 aliphatic rings. The fraction of sp³-hybridized carbons (Fsp3) is 0.273. The van der Waals surface area contributed by atoms with E-state index < -0.39 is 0 Å². The normalized spacial score (nSPS) is 19.9. The largest absolute Gasteiger partial charge is 0.397 e. The molecule has 82 valence electrons. The molecule has 0 spiro atoms. The van der Waals surface area contributed by atoms with Crippen LogP contribution in [0.3, 0.4) is 0 Å². The number of nitrogens with zero attached hydrogens (tertiary/aromatic N) is 2. The van der Waals surface area contributed by atoms with E-state index in [4.69, 9.17) is 11.0 Å². The summed E-state index contributed by atoms with van der Waals surface area (Å²) < 4.78 is 0. The zero-order valence-electron chi connectivity index (χ0n) is 8.48. The first-order chi connectivity index (χ1) is 7.61. The highest BCUT2D eigenvalue weighted by molar-refractivity contribution is 9.09. The van der Waals surface area contributed by atoms with Gasteiger partial charge in [0.25, 0.3) is 0 Å². The molecule has 2 rings (SSSR count). The standard InChI is InChI=1S/C11H10BrN3O/c12-8-4-11(16)15(6-8)10-2-1-7(5-13)3-9(10)14/h1-3,8H,4,6,14H2. The second-order valence-corrected chi connectivity index (χ2v) is 4.99. The summed E-state index contributed by atoms with van der Waals surface area (Å²) in [4.78, 5) is 13.5. The lowest BCUT2D eigenvalue weighted by molar-refractivity contribution is -0.117. The van der Waals surface area contributed by atoms with Crippen LogP contribution in [0.4, 0.5) is 11.4 Å². The third-order valence-electron chi connectivity index (χ3n) is 2.53. The van der Waals surface area contributed by atoms with E-state index in [1.807, 2.05) is 6.07 Å². The fourth-order valence-electron chi connectivity index (χ4n) is 1.77. The van der Waals surface area contributed by atoms with Crippen LogP contribution in [0, 0.1) is 11.3 Å². The first-order valence-corrected chi connectivity index (χ1v) is 5.77. The molecule has 1 aromatic carbocycles. The molecule has 16 heavy (non-hydrogen) atoms. The molecule has 5 heteroatoms. The molecule has 0 bridgehead atoms. The fourth-order valence-corrected chi connectivity index (χ4v) is 2.33. The topological polar surface area (TPSA) is 70.1 Å². The van der Waals surface area contributed by atoms with Gasteiger partial charge in [-0.15, -0.1) is 0 Å². The summed E-state index contributed by atoms with van der Waals surface area (Å²) in [6, 6.07) is 6.99. The second kappa shape index (κ2) is 4.14. The first kappa shape index (κ1) is 11.0. The smallest absolute Gasteiger partial charge is 0.228 e. The molecule has 0 radical (unpaired) electrons. The Morgan fingerprint density at radius 2 is 2.31 bits per heavy atom. The van der Waals surface area contributed by atoms with Gasteiger partial charge >= 0.3 is 0 Å². The summed E-state index contributed by atoms with van der Waals surface area (Å²) in [6.07, 6.45) is 0.486. The van der Waals surface area contributed by atoms with Crippen LogP contribution in [0.2, 0.25) is 0 Å². The van der Waals surface area contributed by atoms with Crippen LogP contribution in [0.5, 0.6) is 0 Å². The van der Waals surface area contributed by atoms with E-state index in [0.29, 0.717) is 29.9 Å². The molecular formula is C11H10BrN3O. The third-order valence-corrected chi connectivity index (χ3v) is 3.14. The van der Waals surface area contributed by atoms with Crippen LogP contribution >= 0.6 is 15.9 Å². The highest BCUT2D eigenvalue weighted by atomic mass is 79.9. The van der Waals surface area contributed by atoms with Gasteiger partial charge in [-0.25, -0.2) is 0 Å². The number of carbonyl (C=O) groups excluding carboxylic acids is 1. The zero-order chi connectivity index (χ0) is 11.7. The molecular weight excluding hydrogens is 270 g/mol. The van der Waals surface area contributed by atoms with Crippen LogP contribution in [0.25, 0.3) is 0 Å². The molecule has 1 amide bonds. The highest BCUT2D eigenvalue weighted by Gasteiger charge is 2.29. The van der Waals surface area contributed by atoms with Gasteiger partial charge in [-0.1, -0.05) is 15.9 Å². The maximum atomic E-state index is 11.7. The number of hydrogen-bond donors (Lipinski definition) is 1. The maximum absolute atomic E-state index is 11.7. The van der Waals surface area contributed by atoms with E-state index in [1.165, 1.54) is 0 Å². The van der Waals surface area contributed by atoms with E-state index in [2.05, 4.69) is 15.9 Å². The Morgan fingerprint density at radius 1 is 1.56 bits per heavy atom. The molecule has 0 aromatic heterocycles. The average Bonchev–Trinajstić information content (AvgIpc) is 2.57. The third kappa shape index (κ3) is 1.89. The van der Waals surface area contributed by atoms with Gasteiger partial charge in [-0.05, 0) is 18.2 Å². The zero-order valence-corrected chi connectivity index (χ0v) is 10.1. The number of halogens is 1. The number of alkyl halides is 1. The average molecular weight is 280 g/mol. The summed E-state index contributed by atoms with van der Waals surface area (Å²) in [6.45, 7) is 0.620. The van der Waals surface area contributed by atoms with Crippen molar-refractivity contribution in [3.05, 3.63) is 23.8 Å². The molecule has 0 saturated carbocycles. The predicted molar refractivity (Wildman–Crippen MR) is 65.3 cm³/mol. The van der Waals surface area contributed by atoms with Gasteiger partial charge in [0, 0.05) is 17.8 Å². The summed E-state index contributed by atoms with van der Waals surface area (Å²) in [5.74, 6) is 0.0540. The maximum Gasteiger partial charge on any atom is 0.228 e. The second-order valence-electron chi connectivity index (χ2n) is 3.69. The Kier molecular flexibility index (Phi) is 2.84. The number of nitriles is 1. The molecule has 1 aromatic rings. The number of amides is 1. The molecule has 2 N–H and O–H groups in total. The van der Waals surface area contributed by atoms with Crippen LogP contribution in [0.1, 0.15) is 12.0 Å². The van der Waals surface area contributed by atoms with E-state index in [-0.39, 0.29) is 10.7 Å². The van der Waals surface area contributed by atoms with Crippen molar-refractivity contribution in [2.45, 2.75) is 11.2 Å². The van der Waals surface area contributed by atoms with Crippen LogP contribution < -0.4 is 10.6 Å². The molecule has 1 aliphatic heterocycles. The predicted octanol–water partition coefficient (Wildman–Crippen LogP) is 1.64. The molecule has 0 aliphatic carbocycles. The van der Waals surface area contributed by atoms with Gasteiger partial charge in [0.15, 0.2) is 0 Å². The van der Waals surface area contributed by atoms with Crippen molar-refractivity contribution < 1.29 is 4.79 Å². The molecule has 1 saturated heterocycles. The summed E-state index contributed by atoms with van der Waals surface area (Å²) in [5.41, 5.74) is 7.48. The minimum Gasteiger partial charge on any atom is -0.397 e. The number of benzene rings is 1. The Bertz CT molecular complexity index is 481. The number of rotatable bonds is 1. The van der Waals surface area contributed by atoms with E-state index >= 15 is 0 Å². The summed E-state index contributed by atoms with van der Waals surface area (Å²) in [5, 5.41) is 8.72. The first-order valence-electron chi connectivity index (χ1n) is 4.86. The number of nitrogens with two attached hydrogens (primary N) is 1. The number of hydrogen-bond acceptors (Lipinski definition) is 3. The van der Waals surface area contributed by atoms with Gasteiger partial charge in [0.1, 0.15) is 0 Å². The Morgan fingerprint density at radius 3 is 2.81 bits per heavy atom. The molecule has 1 unspecified atom stereocenters. The van der Waals surface area contributed by atoms with Crippen molar-refractivity contribution in [3.8, 4) is 6.07 Å². The van der Waals surface area contributed by atoms with E-state index in [9.17, 15) is 4.79 Å². The van der Waals surface area contributed by atoms with Crippen molar-refractivity contribution in [1.29, 1.82) is 5.26 Å². The van der Waals surface area contributed by atoms with Gasteiger partial charge in [-0.3, -0.25) is 4.79 Å². The van der Waals surface area contributed by atoms with Crippen molar-refractivity contribution in [1.82, 2.24) is 0 Å². The number of anilines is 2. The lowest BCUT2D eigenvalue weighted by Crippen LogP contribution is -2.25. The van der Waals surface area contributed by atoms with Crippen molar-refractivity contribution in [2.75, 3.05) is 17.2 Å². The Balaban J connectivity index is 2.35. The minimum atomic E-state index is 0.0540. The Hall–Kier alpha value is -1.54. The quantitative estimate of drug-likeness (QED) is 0.628. The summed E-state index contributed by atoms with van der Waals surface area (Å²) >= 11 is 3.41. The summed E-state index contributed by atoms with van der Waals surface area (Å²) in [7, 11) is 0. The molecule has 1 heterocycles. The lowest BCUT2D eigenvalue weighted by Gasteiger charge is -2.18. The highest BCUT2D eigenvalue weighted by Crippen LogP contribution is 2.30.